The van der Waals surface area contributed by atoms with Crippen molar-refractivity contribution in [1.29, 1.82) is 5.26 Å². The Morgan fingerprint density at radius 2 is 1.48 bits per heavy atom. The Morgan fingerprint density at radius 3 is 2.00 bits per heavy atom. The van der Waals surface area contributed by atoms with Gasteiger partial charge in [-0.05, 0) is 26.2 Å². The Labute approximate surface area is 180 Å². The van der Waals surface area contributed by atoms with Gasteiger partial charge in [-0.3, -0.25) is 0 Å². The zero-order valence-corrected chi connectivity index (χ0v) is 19.3. The largest absolute Gasteiger partial charge is 0.462 e. The zero-order chi connectivity index (χ0) is 22.0. The van der Waals surface area contributed by atoms with Crippen molar-refractivity contribution in [1.82, 2.24) is 0 Å². The van der Waals surface area contributed by atoms with Gasteiger partial charge in [0.1, 0.15) is 0 Å². The lowest BCUT2D eigenvalue weighted by Crippen LogP contribution is -2.05. The molecule has 168 valence electrons. The van der Waals surface area contributed by atoms with E-state index in [4.69, 9.17) is 14.7 Å². The van der Waals surface area contributed by atoms with Gasteiger partial charge in [-0.2, -0.15) is 5.26 Å². The van der Waals surface area contributed by atoms with Crippen molar-refractivity contribution < 1.29 is 14.3 Å². The molecule has 0 fully saturated rings. The SMILES string of the molecule is C=C(C)C(=O)OCCCCCCCCCCCC.CC/C=C/CCOCCC#N. The van der Waals surface area contributed by atoms with Crippen molar-refractivity contribution in [2.75, 3.05) is 19.8 Å². The predicted molar refractivity (Wildman–Crippen MR) is 123 cm³/mol. The predicted octanol–water partition coefficient (Wildman–Crippen LogP) is 7.30. The van der Waals surface area contributed by atoms with Crippen molar-refractivity contribution in [3.05, 3.63) is 24.3 Å². The van der Waals surface area contributed by atoms with Gasteiger partial charge in [-0.15, -0.1) is 0 Å². The smallest absolute Gasteiger partial charge is 0.333 e. The van der Waals surface area contributed by atoms with Gasteiger partial charge in [0, 0.05) is 5.57 Å². The van der Waals surface area contributed by atoms with E-state index in [2.05, 4.69) is 32.6 Å². The Morgan fingerprint density at radius 1 is 0.897 bits per heavy atom. The Kier molecular flexibility index (Phi) is 26.9. The molecule has 0 saturated heterocycles. The molecule has 4 heteroatoms. The third-order valence-electron chi connectivity index (χ3n) is 4.27. The molecule has 0 amide bonds. The van der Waals surface area contributed by atoms with Crippen LogP contribution in [0.2, 0.25) is 0 Å². The van der Waals surface area contributed by atoms with E-state index in [0.29, 0.717) is 25.2 Å². The van der Waals surface area contributed by atoms with Gasteiger partial charge in [-0.25, -0.2) is 4.79 Å². The van der Waals surface area contributed by atoms with Gasteiger partial charge >= 0.3 is 5.97 Å². The summed E-state index contributed by atoms with van der Waals surface area (Å²) in [7, 11) is 0. The van der Waals surface area contributed by atoms with Crippen molar-refractivity contribution in [3.63, 3.8) is 0 Å². The summed E-state index contributed by atoms with van der Waals surface area (Å²) in [4.78, 5) is 11.1. The van der Waals surface area contributed by atoms with E-state index in [1.807, 2.05) is 6.07 Å². The number of carbonyl (C=O) groups is 1. The van der Waals surface area contributed by atoms with Crippen LogP contribution < -0.4 is 0 Å². The van der Waals surface area contributed by atoms with E-state index in [9.17, 15) is 4.79 Å². The average Bonchev–Trinajstić information content (AvgIpc) is 2.71. The molecule has 0 unspecified atom stereocenters. The molecule has 0 bridgehead atoms. The highest BCUT2D eigenvalue weighted by molar-refractivity contribution is 5.86. The number of esters is 1. The van der Waals surface area contributed by atoms with Crippen molar-refractivity contribution >= 4 is 5.97 Å². The molecule has 0 aromatic carbocycles. The number of hydrogen-bond donors (Lipinski definition) is 0. The number of nitriles is 1. The molecular weight excluding hydrogens is 362 g/mol. The van der Waals surface area contributed by atoms with Crippen LogP contribution in [0.3, 0.4) is 0 Å². The van der Waals surface area contributed by atoms with Gasteiger partial charge in [0.2, 0.25) is 0 Å². The number of allylic oxidation sites excluding steroid dienone is 1. The molecule has 29 heavy (non-hydrogen) atoms. The van der Waals surface area contributed by atoms with E-state index >= 15 is 0 Å². The maximum atomic E-state index is 11.1. The first-order chi connectivity index (χ1) is 14.1. The molecule has 0 aliphatic heterocycles. The first-order valence-corrected chi connectivity index (χ1v) is 11.5. The van der Waals surface area contributed by atoms with E-state index in [0.717, 1.165) is 25.9 Å². The fraction of sp³-hybridized carbons (Fsp3) is 0.760. The highest BCUT2D eigenvalue weighted by Gasteiger charge is 2.01. The number of unbranched alkanes of at least 4 members (excludes halogenated alkanes) is 9. The second-order valence-corrected chi connectivity index (χ2v) is 7.29. The maximum absolute atomic E-state index is 11.1. The topological polar surface area (TPSA) is 59.3 Å². The minimum Gasteiger partial charge on any atom is -0.462 e. The van der Waals surface area contributed by atoms with Crippen LogP contribution in [0.5, 0.6) is 0 Å². The highest BCUT2D eigenvalue weighted by atomic mass is 16.5. The Balaban J connectivity index is 0. The standard InChI is InChI=1S/C16H30O2.C9H15NO/c1-4-5-6-7-8-9-10-11-12-13-14-18-16(17)15(2)3;1-2-3-4-5-8-11-9-6-7-10/h2,4-14H2,1,3H3;3-4H,2,5-6,8-9H2,1H3/b;4-3+. The monoisotopic (exact) mass is 407 g/mol. The van der Waals surface area contributed by atoms with Crippen LogP contribution in [0.1, 0.15) is 104 Å². The summed E-state index contributed by atoms with van der Waals surface area (Å²) in [6.07, 6.45) is 19.7. The lowest BCUT2D eigenvalue weighted by atomic mass is 10.1. The lowest BCUT2D eigenvalue weighted by Gasteiger charge is -2.04. The van der Waals surface area contributed by atoms with Crippen LogP contribution in [-0.2, 0) is 14.3 Å². The van der Waals surface area contributed by atoms with Gasteiger partial charge in [-0.1, -0.05) is 90.4 Å². The molecule has 0 rings (SSSR count). The summed E-state index contributed by atoms with van der Waals surface area (Å²) in [5.74, 6) is -0.258. The van der Waals surface area contributed by atoms with Crippen molar-refractivity contribution in [2.45, 2.75) is 104 Å². The second kappa shape index (κ2) is 26.4. The van der Waals surface area contributed by atoms with E-state index in [1.54, 1.807) is 6.92 Å². The molecule has 0 N–H and O–H groups in total. The molecule has 0 aromatic rings. The van der Waals surface area contributed by atoms with Crippen LogP contribution >= 0.6 is 0 Å². The Bertz CT molecular complexity index is 438. The summed E-state index contributed by atoms with van der Waals surface area (Å²) in [6, 6.07) is 2.03. The summed E-state index contributed by atoms with van der Waals surface area (Å²) >= 11 is 0. The minimum atomic E-state index is -0.258. The second-order valence-electron chi connectivity index (χ2n) is 7.29. The summed E-state index contributed by atoms with van der Waals surface area (Å²) < 4.78 is 10.2. The fourth-order valence-corrected chi connectivity index (χ4v) is 2.53. The molecular formula is C25H45NO3. The average molecular weight is 408 g/mol. The third-order valence-corrected chi connectivity index (χ3v) is 4.27. The van der Waals surface area contributed by atoms with E-state index < -0.39 is 0 Å². The van der Waals surface area contributed by atoms with Crippen LogP contribution in [-0.4, -0.2) is 25.8 Å². The number of nitrogens with zero attached hydrogens (tertiary/aromatic N) is 1. The fourth-order valence-electron chi connectivity index (χ4n) is 2.53. The zero-order valence-electron chi connectivity index (χ0n) is 19.3. The van der Waals surface area contributed by atoms with Crippen LogP contribution in [0.4, 0.5) is 0 Å². The number of ether oxygens (including phenoxy) is 2. The molecule has 4 nitrogen and oxygen atoms in total. The molecule has 0 radical (unpaired) electrons. The first-order valence-electron chi connectivity index (χ1n) is 11.5. The molecule has 0 aliphatic carbocycles. The highest BCUT2D eigenvalue weighted by Crippen LogP contribution is 2.10. The van der Waals surface area contributed by atoms with Gasteiger partial charge in [0.15, 0.2) is 0 Å². The number of rotatable bonds is 18. The molecule has 0 atom stereocenters. The Hall–Kier alpha value is -1.60. The molecule has 0 aliphatic rings. The van der Waals surface area contributed by atoms with Crippen LogP contribution in [0.25, 0.3) is 0 Å². The first kappa shape index (κ1) is 29.6. The van der Waals surface area contributed by atoms with Crippen molar-refractivity contribution in [3.8, 4) is 6.07 Å². The van der Waals surface area contributed by atoms with Crippen molar-refractivity contribution in [2.24, 2.45) is 0 Å². The third kappa shape index (κ3) is 28.7. The summed E-state index contributed by atoms with van der Waals surface area (Å²) in [5, 5.41) is 8.16. The maximum Gasteiger partial charge on any atom is 0.333 e. The molecule has 0 aromatic heterocycles. The van der Waals surface area contributed by atoms with Gasteiger partial charge in [0.25, 0.3) is 0 Å². The number of hydrogen-bond acceptors (Lipinski definition) is 4. The summed E-state index contributed by atoms with van der Waals surface area (Å²) in [5.41, 5.74) is 0.488. The number of carbonyl (C=O) groups excluding carboxylic acids is 1. The molecule has 0 heterocycles. The van der Waals surface area contributed by atoms with Gasteiger partial charge in [0.05, 0.1) is 32.3 Å². The quantitative estimate of drug-likeness (QED) is 0.103. The van der Waals surface area contributed by atoms with E-state index in [-0.39, 0.29) is 5.97 Å². The minimum absolute atomic E-state index is 0.258. The molecule has 0 spiro atoms. The van der Waals surface area contributed by atoms with Crippen LogP contribution in [0.15, 0.2) is 24.3 Å². The summed E-state index contributed by atoms with van der Waals surface area (Å²) in [6.45, 7) is 11.4. The van der Waals surface area contributed by atoms with E-state index in [1.165, 1.54) is 57.8 Å². The van der Waals surface area contributed by atoms with Gasteiger partial charge < -0.3 is 9.47 Å². The lowest BCUT2D eigenvalue weighted by molar-refractivity contribution is -0.139. The normalized spacial score (nSPS) is 10.3. The molecule has 0 saturated carbocycles. The van der Waals surface area contributed by atoms with Crippen LogP contribution in [0, 0.1) is 11.3 Å².